The molecule has 0 unspecified atom stereocenters. The number of hydrogen-bond donors (Lipinski definition) is 1. The summed E-state index contributed by atoms with van der Waals surface area (Å²) >= 11 is 0. The van der Waals surface area contributed by atoms with E-state index in [2.05, 4.69) is 5.32 Å². The summed E-state index contributed by atoms with van der Waals surface area (Å²) in [4.78, 5) is 12.0. The van der Waals surface area contributed by atoms with Crippen LogP contribution in [0.4, 0.5) is 10.1 Å². The average molecular weight is 299 g/mol. The molecule has 0 aromatic heterocycles. The zero-order valence-electron chi connectivity index (χ0n) is 12.7. The van der Waals surface area contributed by atoms with Crippen molar-refractivity contribution in [2.75, 3.05) is 19.0 Å². The number of anilines is 1. The molecule has 0 bridgehead atoms. The monoisotopic (exact) mass is 299 g/mol. The van der Waals surface area contributed by atoms with Gasteiger partial charge in [-0.2, -0.15) is 0 Å². The van der Waals surface area contributed by atoms with E-state index in [4.69, 9.17) is 4.74 Å². The highest BCUT2D eigenvalue weighted by atomic mass is 19.1. The van der Waals surface area contributed by atoms with Crippen LogP contribution in [0.3, 0.4) is 0 Å². The van der Waals surface area contributed by atoms with Crippen molar-refractivity contribution in [3.05, 3.63) is 65.0 Å². The van der Waals surface area contributed by atoms with E-state index in [1.54, 1.807) is 12.1 Å². The van der Waals surface area contributed by atoms with Gasteiger partial charge in [-0.15, -0.1) is 0 Å². The molecule has 0 radical (unpaired) electrons. The molecular weight excluding hydrogens is 281 g/mol. The van der Waals surface area contributed by atoms with E-state index in [9.17, 15) is 9.18 Å². The van der Waals surface area contributed by atoms with Crippen molar-refractivity contribution >= 4 is 11.7 Å². The molecule has 4 heteroatoms. The third kappa shape index (κ3) is 2.45. The van der Waals surface area contributed by atoms with E-state index in [1.807, 2.05) is 25.1 Å². The summed E-state index contributed by atoms with van der Waals surface area (Å²) in [5.74, 6) is -0.460. The van der Waals surface area contributed by atoms with Gasteiger partial charge in [0.2, 0.25) is 0 Å². The number of hydrogen-bond acceptors (Lipinski definition) is 3. The first-order valence-electron chi connectivity index (χ1n) is 7.23. The molecule has 2 aromatic carbocycles. The van der Waals surface area contributed by atoms with Crippen LogP contribution in [0.5, 0.6) is 0 Å². The maximum atomic E-state index is 12.9. The molecule has 1 aliphatic heterocycles. The third-order valence-electron chi connectivity index (χ3n) is 4.27. The molecule has 0 fully saturated rings. The standard InChI is InChI=1S/C18H18FNO2/c1-18(17(21)22-2)11-20-16-10-13(5-8-15(16)18)9-12-3-6-14(19)7-4-12/h3-8,10,20H,9,11H2,1-2H3/t18-/m1/s1. The second-order valence-electron chi connectivity index (χ2n) is 5.86. The number of ether oxygens (including phenoxy) is 1. The Kier molecular flexibility index (Phi) is 3.61. The maximum Gasteiger partial charge on any atom is 0.317 e. The quantitative estimate of drug-likeness (QED) is 0.884. The van der Waals surface area contributed by atoms with E-state index in [0.717, 1.165) is 28.8 Å². The minimum Gasteiger partial charge on any atom is -0.468 e. The van der Waals surface area contributed by atoms with Crippen LogP contribution >= 0.6 is 0 Å². The molecule has 22 heavy (non-hydrogen) atoms. The Labute approximate surface area is 129 Å². The Morgan fingerprint density at radius 1 is 1.23 bits per heavy atom. The van der Waals surface area contributed by atoms with Crippen molar-refractivity contribution in [3.8, 4) is 0 Å². The molecule has 1 atom stereocenters. The van der Waals surface area contributed by atoms with Crippen molar-refractivity contribution in [2.24, 2.45) is 0 Å². The van der Waals surface area contributed by atoms with Crippen molar-refractivity contribution in [3.63, 3.8) is 0 Å². The topological polar surface area (TPSA) is 38.3 Å². The first kappa shape index (κ1) is 14.6. The van der Waals surface area contributed by atoms with Crippen LogP contribution in [-0.2, 0) is 21.4 Å². The van der Waals surface area contributed by atoms with Gasteiger partial charge < -0.3 is 10.1 Å². The molecule has 1 aliphatic rings. The minimum atomic E-state index is -0.640. The lowest BCUT2D eigenvalue weighted by Crippen LogP contribution is -2.35. The number of methoxy groups -OCH3 is 1. The van der Waals surface area contributed by atoms with Crippen LogP contribution < -0.4 is 5.32 Å². The summed E-state index contributed by atoms with van der Waals surface area (Å²) in [6.07, 6.45) is 0.726. The van der Waals surface area contributed by atoms with Gasteiger partial charge in [-0.05, 0) is 48.2 Å². The van der Waals surface area contributed by atoms with Crippen molar-refractivity contribution in [1.29, 1.82) is 0 Å². The minimum absolute atomic E-state index is 0.229. The summed E-state index contributed by atoms with van der Waals surface area (Å²) in [6, 6.07) is 12.5. The van der Waals surface area contributed by atoms with Crippen molar-refractivity contribution in [2.45, 2.75) is 18.8 Å². The summed E-state index contributed by atoms with van der Waals surface area (Å²) in [7, 11) is 1.41. The van der Waals surface area contributed by atoms with Crippen LogP contribution in [0.15, 0.2) is 42.5 Å². The number of carbonyl (C=O) groups excluding carboxylic acids is 1. The molecule has 3 nitrogen and oxygen atoms in total. The summed E-state index contributed by atoms with van der Waals surface area (Å²) in [5, 5.41) is 3.28. The van der Waals surface area contributed by atoms with Crippen LogP contribution in [0.2, 0.25) is 0 Å². The second-order valence-corrected chi connectivity index (χ2v) is 5.86. The molecule has 3 rings (SSSR count). The lowest BCUT2D eigenvalue weighted by atomic mass is 9.84. The van der Waals surface area contributed by atoms with E-state index >= 15 is 0 Å². The number of carbonyl (C=O) groups is 1. The van der Waals surface area contributed by atoms with E-state index < -0.39 is 5.41 Å². The molecule has 0 aliphatic carbocycles. The van der Waals surface area contributed by atoms with Gasteiger partial charge in [-0.3, -0.25) is 4.79 Å². The predicted octanol–water partition coefficient (Wildman–Crippen LogP) is 3.27. The van der Waals surface area contributed by atoms with Gasteiger partial charge in [0, 0.05) is 12.2 Å². The lowest BCUT2D eigenvalue weighted by Gasteiger charge is -2.20. The smallest absolute Gasteiger partial charge is 0.317 e. The highest BCUT2D eigenvalue weighted by molar-refractivity contribution is 5.88. The Morgan fingerprint density at radius 2 is 1.91 bits per heavy atom. The molecule has 114 valence electrons. The third-order valence-corrected chi connectivity index (χ3v) is 4.27. The van der Waals surface area contributed by atoms with Gasteiger partial charge >= 0.3 is 5.97 Å². The van der Waals surface area contributed by atoms with Crippen LogP contribution in [0.1, 0.15) is 23.6 Å². The zero-order valence-corrected chi connectivity index (χ0v) is 12.7. The molecule has 1 heterocycles. The molecule has 0 saturated heterocycles. The fourth-order valence-electron chi connectivity index (χ4n) is 2.94. The zero-order chi connectivity index (χ0) is 15.7. The van der Waals surface area contributed by atoms with Crippen LogP contribution in [0, 0.1) is 5.82 Å². The van der Waals surface area contributed by atoms with Crippen molar-refractivity contribution < 1.29 is 13.9 Å². The number of nitrogens with one attached hydrogen (secondary N) is 1. The normalized spacial score (nSPS) is 19.4. The SMILES string of the molecule is COC(=O)[C@]1(C)CNc2cc(Cc3ccc(F)cc3)ccc21. The Balaban J connectivity index is 1.87. The first-order chi connectivity index (χ1) is 10.5. The predicted molar refractivity (Wildman–Crippen MR) is 83.5 cm³/mol. The molecule has 1 N–H and O–H groups in total. The Bertz CT molecular complexity index is 712. The van der Waals surface area contributed by atoms with Crippen LogP contribution in [0.25, 0.3) is 0 Å². The fourth-order valence-corrected chi connectivity index (χ4v) is 2.94. The highest BCUT2D eigenvalue weighted by Gasteiger charge is 2.42. The van der Waals surface area contributed by atoms with E-state index in [-0.39, 0.29) is 11.8 Å². The maximum absolute atomic E-state index is 12.9. The molecule has 0 spiro atoms. The largest absolute Gasteiger partial charge is 0.468 e. The second kappa shape index (κ2) is 5.44. The van der Waals surface area contributed by atoms with Gasteiger partial charge in [0.05, 0.1) is 7.11 Å². The lowest BCUT2D eigenvalue weighted by molar-refractivity contribution is -0.146. The average Bonchev–Trinajstić information content (AvgIpc) is 2.87. The van der Waals surface area contributed by atoms with E-state index in [1.165, 1.54) is 19.2 Å². The summed E-state index contributed by atoms with van der Waals surface area (Å²) in [6.45, 7) is 2.42. The highest BCUT2D eigenvalue weighted by Crippen LogP contribution is 2.38. The first-order valence-corrected chi connectivity index (χ1v) is 7.23. The van der Waals surface area contributed by atoms with Gasteiger partial charge in [-0.1, -0.05) is 24.3 Å². The number of benzene rings is 2. The number of esters is 1. The van der Waals surface area contributed by atoms with Gasteiger partial charge in [0.1, 0.15) is 11.2 Å². The number of halogens is 1. The van der Waals surface area contributed by atoms with Crippen LogP contribution in [-0.4, -0.2) is 19.6 Å². The summed E-state index contributed by atoms with van der Waals surface area (Å²) in [5.41, 5.74) is 3.45. The Morgan fingerprint density at radius 3 is 2.59 bits per heavy atom. The number of rotatable bonds is 3. The Hall–Kier alpha value is -2.36. The molecule has 2 aromatic rings. The molecule has 0 amide bonds. The van der Waals surface area contributed by atoms with Gasteiger partial charge in [-0.25, -0.2) is 4.39 Å². The fraction of sp³-hybridized carbons (Fsp3) is 0.278. The van der Waals surface area contributed by atoms with Crippen molar-refractivity contribution in [1.82, 2.24) is 0 Å². The summed E-state index contributed by atoms with van der Waals surface area (Å²) < 4.78 is 17.9. The number of fused-ring (bicyclic) bond motifs is 1. The van der Waals surface area contributed by atoms with Gasteiger partial charge in [0.25, 0.3) is 0 Å². The van der Waals surface area contributed by atoms with E-state index in [0.29, 0.717) is 6.54 Å². The molecule has 0 saturated carbocycles. The van der Waals surface area contributed by atoms with Gasteiger partial charge in [0.15, 0.2) is 0 Å². The molecular formula is C18H18FNO2.